The van der Waals surface area contributed by atoms with E-state index >= 15 is 0 Å². The topological polar surface area (TPSA) is 94.1 Å². The van der Waals surface area contributed by atoms with Gasteiger partial charge in [-0.05, 0) is 25.3 Å². The van der Waals surface area contributed by atoms with Gasteiger partial charge in [-0.25, -0.2) is 4.68 Å². The van der Waals surface area contributed by atoms with Gasteiger partial charge in [0.25, 0.3) is 5.69 Å². The molecule has 0 radical (unpaired) electrons. The summed E-state index contributed by atoms with van der Waals surface area (Å²) in [6.45, 7) is 2.55. The van der Waals surface area contributed by atoms with Crippen molar-refractivity contribution in [1.82, 2.24) is 15.0 Å². The summed E-state index contributed by atoms with van der Waals surface area (Å²) in [6.07, 6.45) is 5.24. The largest absolute Gasteiger partial charge is 0.392 e. The fourth-order valence-corrected chi connectivity index (χ4v) is 2.02. The molecular weight excluding hydrogens is 284 g/mol. The van der Waals surface area contributed by atoms with Crippen molar-refractivity contribution in [1.29, 1.82) is 0 Å². The summed E-state index contributed by atoms with van der Waals surface area (Å²) in [7, 11) is 0. The number of aromatic nitrogens is 3. The molecule has 1 heterocycles. The standard InChI is InChI=1S/C15H18N4O3/c1-12(8-9-20)2-5-14-11-18(17-16-14)10-13-3-6-15(7-4-13)19(21)22/h3-4,6-8,11,20H,2,5,9-10H2,1H3/b12-8+. The predicted molar refractivity (Wildman–Crippen MR) is 81.4 cm³/mol. The molecule has 0 fully saturated rings. The third kappa shape index (κ3) is 4.49. The third-order valence-corrected chi connectivity index (χ3v) is 3.29. The number of nitro benzene ring substituents is 1. The molecule has 1 N–H and O–H groups in total. The SMILES string of the molecule is C/C(=C\CO)CCc1cn(Cc2ccc([N+](=O)[O-])cc2)nn1. The van der Waals surface area contributed by atoms with E-state index in [1.54, 1.807) is 22.9 Å². The molecule has 2 aromatic rings. The van der Waals surface area contributed by atoms with Gasteiger partial charge in [-0.3, -0.25) is 10.1 Å². The third-order valence-electron chi connectivity index (χ3n) is 3.29. The summed E-state index contributed by atoms with van der Waals surface area (Å²) >= 11 is 0. The minimum absolute atomic E-state index is 0.0542. The van der Waals surface area contributed by atoms with Crippen LogP contribution in [0, 0.1) is 10.1 Å². The molecule has 0 aliphatic rings. The van der Waals surface area contributed by atoms with Crippen LogP contribution in [0.15, 0.2) is 42.1 Å². The minimum atomic E-state index is -0.417. The van der Waals surface area contributed by atoms with Crippen LogP contribution in [-0.4, -0.2) is 31.6 Å². The number of aryl methyl sites for hydroxylation is 1. The summed E-state index contributed by atoms with van der Waals surface area (Å²) in [5, 5.41) is 27.6. The number of non-ortho nitro benzene ring substituents is 1. The maximum Gasteiger partial charge on any atom is 0.269 e. The number of aliphatic hydroxyl groups excluding tert-OH is 1. The maximum absolute atomic E-state index is 10.6. The smallest absolute Gasteiger partial charge is 0.269 e. The molecule has 7 heteroatoms. The molecule has 0 aliphatic carbocycles. The number of nitrogens with zero attached hydrogens (tertiary/aromatic N) is 4. The van der Waals surface area contributed by atoms with E-state index < -0.39 is 4.92 Å². The fourth-order valence-electron chi connectivity index (χ4n) is 2.02. The molecule has 0 atom stereocenters. The van der Waals surface area contributed by atoms with E-state index in [1.807, 2.05) is 13.1 Å². The molecule has 2 rings (SSSR count). The average Bonchev–Trinajstić information content (AvgIpc) is 2.93. The van der Waals surface area contributed by atoms with Crippen LogP contribution in [0.4, 0.5) is 5.69 Å². The molecule has 7 nitrogen and oxygen atoms in total. The van der Waals surface area contributed by atoms with Crippen LogP contribution in [0.25, 0.3) is 0 Å². The highest BCUT2D eigenvalue weighted by atomic mass is 16.6. The van der Waals surface area contributed by atoms with Crippen LogP contribution in [0.1, 0.15) is 24.6 Å². The van der Waals surface area contributed by atoms with Gasteiger partial charge in [0.2, 0.25) is 0 Å². The molecule has 0 unspecified atom stereocenters. The van der Waals surface area contributed by atoms with Crippen molar-refractivity contribution >= 4 is 5.69 Å². The van der Waals surface area contributed by atoms with Gasteiger partial charge < -0.3 is 5.11 Å². The van der Waals surface area contributed by atoms with E-state index in [0.717, 1.165) is 29.7 Å². The second-order valence-corrected chi connectivity index (χ2v) is 5.06. The minimum Gasteiger partial charge on any atom is -0.392 e. The van der Waals surface area contributed by atoms with Crippen molar-refractivity contribution in [3.8, 4) is 0 Å². The van der Waals surface area contributed by atoms with Crippen LogP contribution in [0.5, 0.6) is 0 Å². The van der Waals surface area contributed by atoms with Crippen molar-refractivity contribution in [2.45, 2.75) is 26.3 Å². The van der Waals surface area contributed by atoms with E-state index in [2.05, 4.69) is 10.3 Å². The molecule has 0 saturated heterocycles. The lowest BCUT2D eigenvalue weighted by molar-refractivity contribution is -0.384. The van der Waals surface area contributed by atoms with Crippen molar-refractivity contribution in [2.75, 3.05) is 6.61 Å². The van der Waals surface area contributed by atoms with Crippen LogP contribution < -0.4 is 0 Å². The first kappa shape index (κ1) is 15.8. The van der Waals surface area contributed by atoms with Gasteiger partial charge in [0.05, 0.1) is 23.8 Å². The van der Waals surface area contributed by atoms with E-state index in [9.17, 15) is 10.1 Å². The Hall–Kier alpha value is -2.54. The van der Waals surface area contributed by atoms with Gasteiger partial charge in [-0.15, -0.1) is 5.10 Å². The van der Waals surface area contributed by atoms with Gasteiger partial charge >= 0.3 is 0 Å². The second-order valence-electron chi connectivity index (χ2n) is 5.06. The Morgan fingerprint density at radius 3 is 2.77 bits per heavy atom. The number of nitro groups is 1. The number of hydrogen-bond donors (Lipinski definition) is 1. The van der Waals surface area contributed by atoms with Gasteiger partial charge in [-0.2, -0.15) is 0 Å². The Kier molecular flexibility index (Phi) is 5.37. The van der Waals surface area contributed by atoms with Crippen molar-refractivity contribution in [2.24, 2.45) is 0 Å². The summed E-state index contributed by atoms with van der Waals surface area (Å²) in [6, 6.07) is 6.40. The van der Waals surface area contributed by atoms with Crippen LogP contribution in [0.3, 0.4) is 0 Å². The maximum atomic E-state index is 10.6. The number of allylic oxidation sites excluding steroid dienone is 1. The number of benzene rings is 1. The Balaban J connectivity index is 1.94. The molecular formula is C15H18N4O3. The Morgan fingerprint density at radius 1 is 1.41 bits per heavy atom. The Bertz CT molecular complexity index is 662. The van der Waals surface area contributed by atoms with Gasteiger partial charge in [0, 0.05) is 18.3 Å². The first-order valence-electron chi connectivity index (χ1n) is 6.97. The zero-order valence-corrected chi connectivity index (χ0v) is 12.3. The van der Waals surface area contributed by atoms with Gasteiger partial charge in [0.1, 0.15) is 0 Å². The lowest BCUT2D eigenvalue weighted by Gasteiger charge is -2.00. The molecule has 0 amide bonds. The molecule has 22 heavy (non-hydrogen) atoms. The van der Waals surface area contributed by atoms with Gasteiger partial charge in [0.15, 0.2) is 0 Å². The van der Waals surface area contributed by atoms with Crippen molar-refractivity contribution in [3.63, 3.8) is 0 Å². The number of rotatable bonds is 7. The highest BCUT2D eigenvalue weighted by molar-refractivity contribution is 5.32. The van der Waals surface area contributed by atoms with Crippen molar-refractivity contribution in [3.05, 3.63) is 63.5 Å². The zero-order chi connectivity index (χ0) is 15.9. The summed E-state index contributed by atoms with van der Waals surface area (Å²) in [5.74, 6) is 0. The van der Waals surface area contributed by atoms with E-state index in [-0.39, 0.29) is 12.3 Å². The Morgan fingerprint density at radius 2 is 2.14 bits per heavy atom. The monoisotopic (exact) mass is 302 g/mol. The van der Waals surface area contributed by atoms with E-state index in [1.165, 1.54) is 12.1 Å². The first-order chi connectivity index (χ1) is 10.6. The molecule has 1 aromatic heterocycles. The summed E-state index contributed by atoms with van der Waals surface area (Å²) in [5.41, 5.74) is 3.01. The molecule has 0 spiro atoms. The van der Waals surface area contributed by atoms with Crippen LogP contribution in [0.2, 0.25) is 0 Å². The number of aliphatic hydroxyl groups is 1. The summed E-state index contributed by atoms with van der Waals surface area (Å²) in [4.78, 5) is 10.2. The molecule has 0 saturated carbocycles. The lowest BCUT2D eigenvalue weighted by Crippen LogP contribution is -2.00. The quantitative estimate of drug-likeness (QED) is 0.480. The lowest BCUT2D eigenvalue weighted by atomic mass is 10.1. The predicted octanol–water partition coefficient (Wildman–Crippen LogP) is 2.11. The van der Waals surface area contributed by atoms with Gasteiger partial charge in [-0.1, -0.05) is 29.0 Å². The normalized spacial score (nSPS) is 11.6. The van der Waals surface area contributed by atoms with E-state index in [4.69, 9.17) is 5.11 Å². The average molecular weight is 302 g/mol. The highest BCUT2D eigenvalue weighted by Gasteiger charge is 2.06. The first-order valence-corrected chi connectivity index (χ1v) is 6.97. The molecule has 1 aromatic carbocycles. The second kappa shape index (κ2) is 7.46. The van der Waals surface area contributed by atoms with Crippen LogP contribution in [-0.2, 0) is 13.0 Å². The molecule has 116 valence electrons. The number of hydrogen-bond acceptors (Lipinski definition) is 5. The molecule has 0 bridgehead atoms. The Labute approximate surface area is 128 Å². The van der Waals surface area contributed by atoms with Crippen LogP contribution >= 0.6 is 0 Å². The van der Waals surface area contributed by atoms with E-state index in [0.29, 0.717) is 6.54 Å². The van der Waals surface area contributed by atoms with Crippen molar-refractivity contribution < 1.29 is 10.0 Å². The highest BCUT2D eigenvalue weighted by Crippen LogP contribution is 2.13. The summed E-state index contributed by atoms with van der Waals surface area (Å²) < 4.78 is 1.71. The fraction of sp³-hybridized carbons (Fsp3) is 0.333. The molecule has 0 aliphatic heterocycles. The zero-order valence-electron chi connectivity index (χ0n) is 12.3.